The molecule has 0 saturated carbocycles. The van der Waals surface area contributed by atoms with Crippen molar-refractivity contribution in [2.75, 3.05) is 5.43 Å². The Morgan fingerprint density at radius 2 is 1.89 bits per heavy atom. The summed E-state index contributed by atoms with van der Waals surface area (Å²) in [6.45, 7) is 1.82. The van der Waals surface area contributed by atoms with Crippen LogP contribution in [0.15, 0.2) is 36.4 Å². The van der Waals surface area contributed by atoms with Crippen LogP contribution < -0.4 is 16.0 Å². The molecule has 0 amide bonds. The molecular formula is C13H13ClF2N2O. The third kappa shape index (κ3) is 3.33. The summed E-state index contributed by atoms with van der Waals surface area (Å²) >= 11 is 0. The number of hydrogen-bond acceptors (Lipinski definition) is 3. The highest BCUT2D eigenvalue weighted by Crippen LogP contribution is 2.28. The number of anilines is 1. The van der Waals surface area contributed by atoms with Gasteiger partial charge in [0.2, 0.25) is 5.82 Å². The maximum Gasteiger partial charge on any atom is 0.201 e. The quantitative estimate of drug-likeness (QED) is 0.667. The Labute approximate surface area is 115 Å². The fraction of sp³-hybridized carbons (Fsp3) is 0.0769. The maximum absolute atomic E-state index is 13.4. The van der Waals surface area contributed by atoms with E-state index in [2.05, 4.69) is 5.43 Å². The number of halogens is 3. The van der Waals surface area contributed by atoms with Gasteiger partial charge in [0.05, 0.1) is 5.69 Å². The smallest absolute Gasteiger partial charge is 0.201 e. The van der Waals surface area contributed by atoms with Crippen molar-refractivity contribution in [3.63, 3.8) is 0 Å². The SMILES string of the molecule is Cc1cc(Oc2cccc(F)c2F)ccc1NN.Cl. The van der Waals surface area contributed by atoms with Gasteiger partial charge in [0.1, 0.15) is 5.75 Å². The minimum absolute atomic E-state index is 0. The summed E-state index contributed by atoms with van der Waals surface area (Å²) in [6, 6.07) is 8.78. The molecule has 0 radical (unpaired) electrons. The Morgan fingerprint density at radius 3 is 2.53 bits per heavy atom. The zero-order valence-corrected chi connectivity index (χ0v) is 10.9. The molecule has 0 spiro atoms. The summed E-state index contributed by atoms with van der Waals surface area (Å²) in [5.74, 6) is 3.62. The van der Waals surface area contributed by atoms with Crippen LogP contribution in [0.1, 0.15) is 5.56 Å². The molecule has 0 aliphatic carbocycles. The summed E-state index contributed by atoms with van der Waals surface area (Å²) < 4.78 is 31.7. The largest absolute Gasteiger partial charge is 0.454 e. The minimum Gasteiger partial charge on any atom is -0.454 e. The summed E-state index contributed by atoms with van der Waals surface area (Å²) in [6.07, 6.45) is 0. The minimum atomic E-state index is -1.00. The van der Waals surface area contributed by atoms with Gasteiger partial charge >= 0.3 is 0 Å². The van der Waals surface area contributed by atoms with Crippen molar-refractivity contribution >= 4 is 18.1 Å². The number of benzene rings is 2. The van der Waals surface area contributed by atoms with Gasteiger partial charge in [-0.1, -0.05) is 6.07 Å². The van der Waals surface area contributed by atoms with Gasteiger partial charge in [-0.3, -0.25) is 5.84 Å². The van der Waals surface area contributed by atoms with Crippen LogP contribution in [0.4, 0.5) is 14.5 Å². The number of ether oxygens (including phenoxy) is 1. The van der Waals surface area contributed by atoms with E-state index in [0.717, 1.165) is 17.3 Å². The Kier molecular flexibility index (Phi) is 5.09. The summed E-state index contributed by atoms with van der Waals surface area (Å²) in [5.41, 5.74) is 4.09. The zero-order valence-electron chi connectivity index (χ0n) is 10.1. The number of nitrogen functional groups attached to an aromatic ring is 1. The molecule has 0 fully saturated rings. The molecule has 6 heteroatoms. The highest BCUT2D eigenvalue weighted by atomic mass is 35.5. The van der Waals surface area contributed by atoms with Crippen LogP contribution in [0.25, 0.3) is 0 Å². The van der Waals surface area contributed by atoms with Crippen LogP contribution in [0, 0.1) is 18.6 Å². The Hall–Kier alpha value is -1.85. The van der Waals surface area contributed by atoms with E-state index < -0.39 is 11.6 Å². The van der Waals surface area contributed by atoms with E-state index in [-0.39, 0.29) is 18.2 Å². The molecule has 3 N–H and O–H groups in total. The lowest BCUT2D eigenvalue weighted by molar-refractivity contribution is 0.416. The molecule has 3 nitrogen and oxygen atoms in total. The van der Waals surface area contributed by atoms with E-state index in [1.54, 1.807) is 18.2 Å². The second kappa shape index (κ2) is 6.36. The lowest BCUT2D eigenvalue weighted by Crippen LogP contribution is -2.07. The van der Waals surface area contributed by atoms with E-state index in [1.165, 1.54) is 12.1 Å². The fourth-order valence-corrected chi connectivity index (χ4v) is 1.55. The predicted molar refractivity (Wildman–Crippen MR) is 72.7 cm³/mol. The number of nitrogens with one attached hydrogen (secondary N) is 1. The van der Waals surface area contributed by atoms with E-state index in [0.29, 0.717) is 5.75 Å². The molecule has 0 bridgehead atoms. The van der Waals surface area contributed by atoms with Gasteiger partial charge in [-0.05, 0) is 42.8 Å². The molecule has 0 heterocycles. The van der Waals surface area contributed by atoms with Crippen molar-refractivity contribution in [1.82, 2.24) is 0 Å². The van der Waals surface area contributed by atoms with Gasteiger partial charge in [0.25, 0.3) is 0 Å². The van der Waals surface area contributed by atoms with Crippen molar-refractivity contribution in [3.8, 4) is 11.5 Å². The number of hydrazine groups is 1. The average molecular weight is 287 g/mol. The van der Waals surface area contributed by atoms with E-state index in [4.69, 9.17) is 10.6 Å². The lowest BCUT2D eigenvalue weighted by Gasteiger charge is -2.10. The first-order chi connectivity index (χ1) is 8.61. The third-order valence-electron chi connectivity index (χ3n) is 2.50. The van der Waals surface area contributed by atoms with Crippen molar-refractivity contribution in [2.45, 2.75) is 6.92 Å². The van der Waals surface area contributed by atoms with Crippen LogP contribution in [0.5, 0.6) is 11.5 Å². The second-order valence-electron chi connectivity index (χ2n) is 3.78. The lowest BCUT2D eigenvalue weighted by atomic mass is 10.2. The molecule has 0 aromatic heterocycles. The summed E-state index contributed by atoms with van der Waals surface area (Å²) in [5, 5.41) is 0. The highest BCUT2D eigenvalue weighted by Gasteiger charge is 2.10. The molecular weight excluding hydrogens is 274 g/mol. The predicted octanol–water partition coefficient (Wildman–Crippen LogP) is 3.77. The van der Waals surface area contributed by atoms with Crippen LogP contribution in [0.3, 0.4) is 0 Å². The molecule has 0 atom stereocenters. The van der Waals surface area contributed by atoms with Crippen molar-refractivity contribution in [2.24, 2.45) is 5.84 Å². The molecule has 0 aliphatic rings. The molecule has 0 unspecified atom stereocenters. The molecule has 2 aromatic rings. The Balaban J connectivity index is 0.00000180. The molecule has 0 saturated heterocycles. The number of rotatable bonds is 3. The van der Waals surface area contributed by atoms with Gasteiger partial charge < -0.3 is 10.2 Å². The topological polar surface area (TPSA) is 47.3 Å². The first-order valence-corrected chi connectivity index (χ1v) is 5.31. The summed E-state index contributed by atoms with van der Waals surface area (Å²) in [7, 11) is 0. The Morgan fingerprint density at radius 1 is 1.16 bits per heavy atom. The van der Waals surface area contributed by atoms with Crippen molar-refractivity contribution < 1.29 is 13.5 Å². The number of nitrogens with two attached hydrogens (primary N) is 1. The standard InChI is InChI=1S/C13H12F2N2O.ClH/c1-8-7-9(5-6-11(8)17-16)18-12-4-2-3-10(14)13(12)15;/h2-7,17H,16H2,1H3;1H. The number of hydrogen-bond donors (Lipinski definition) is 2. The Bertz CT molecular complexity index is 579. The van der Waals surface area contributed by atoms with Crippen LogP contribution in [-0.2, 0) is 0 Å². The van der Waals surface area contributed by atoms with Crippen LogP contribution in [-0.4, -0.2) is 0 Å². The van der Waals surface area contributed by atoms with Crippen LogP contribution in [0.2, 0.25) is 0 Å². The van der Waals surface area contributed by atoms with Gasteiger partial charge in [-0.2, -0.15) is 4.39 Å². The van der Waals surface area contributed by atoms with Crippen LogP contribution >= 0.6 is 12.4 Å². The van der Waals surface area contributed by atoms with E-state index in [1.807, 2.05) is 6.92 Å². The maximum atomic E-state index is 13.4. The average Bonchev–Trinajstić information content (AvgIpc) is 2.35. The van der Waals surface area contributed by atoms with E-state index >= 15 is 0 Å². The van der Waals surface area contributed by atoms with Crippen molar-refractivity contribution in [1.29, 1.82) is 0 Å². The number of aryl methyl sites for hydroxylation is 1. The van der Waals surface area contributed by atoms with Gasteiger partial charge in [-0.15, -0.1) is 12.4 Å². The van der Waals surface area contributed by atoms with Gasteiger partial charge in [0, 0.05) is 0 Å². The van der Waals surface area contributed by atoms with Gasteiger partial charge in [0.15, 0.2) is 11.6 Å². The summed E-state index contributed by atoms with van der Waals surface area (Å²) in [4.78, 5) is 0. The first kappa shape index (κ1) is 15.2. The van der Waals surface area contributed by atoms with E-state index in [9.17, 15) is 8.78 Å². The fourth-order valence-electron chi connectivity index (χ4n) is 1.55. The first-order valence-electron chi connectivity index (χ1n) is 5.31. The highest BCUT2D eigenvalue weighted by molar-refractivity contribution is 5.85. The monoisotopic (exact) mass is 286 g/mol. The molecule has 2 rings (SSSR count). The molecule has 102 valence electrons. The van der Waals surface area contributed by atoms with Gasteiger partial charge in [-0.25, -0.2) is 4.39 Å². The zero-order chi connectivity index (χ0) is 13.1. The molecule has 0 aliphatic heterocycles. The molecule has 2 aromatic carbocycles. The molecule has 19 heavy (non-hydrogen) atoms. The van der Waals surface area contributed by atoms with Crippen molar-refractivity contribution in [3.05, 3.63) is 53.6 Å². The second-order valence-corrected chi connectivity index (χ2v) is 3.78. The third-order valence-corrected chi connectivity index (χ3v) is 2.50. The normalized spacial score (nSPS) is 9.68.